The molecule has 5 nitrogen and oxygen atoms in total. The van der Waals surface area contributed by atoms with Gasteiger partial charge >= 0.3 is 0 Å². The van der Waals surface area contributed by atoms with Crippen molar-refractivity contribution in [3.63, 3.8) is 0 Å². The Morgan fingerprint density at radius 2 is 1.62 bits per heavy atom. The summed E-state index contributed by atoms with van der Waals surface area (Å²) in [6.45, 7) is 0.585. The lowest BCUT2D eigenvalue weighted by atomic mass is 10.1. The molecule has 2 aromatic carbocycles. The number of carbonyl (C=O) groups excluding carboxylic acids is 2. The van der Waals surface area contributed by atoms with E-state index in [0.717, 1.165) is 5.56 Å². The van der Waals surface area contributed by atoms with Crippen molar-refractivity contribution in [1.29, 1.82) is 0 Å². The molecule has 2 rings (SSSR count). The van der Waals surface area contributed by atoms with Crippen molar-refractivity contribution in [2.45, 2.75) is 12.8 Å². The molecule has 0 aliphatic carbocycles. The van der Waals surface area contributed by atoms with Crippen molar-refractivity contribution in [3.05, 3.63) is 63.6 Å². The number of amides is 2. The molecule has 0 saturated carbocycles. The van der Waals surface area contributed by atoms with Crippen molar-refractivity contribution in [3.8, 4) is 5.75 Å². The summed E-state index contributed by atoms with van der Waals surface area (Å²) in [6.07, 6.45) is 1.07. The lowest BCUT2D eigenvalue weighted by molar-refractivity contribution is -0.121. The lowest BCUT2D eigenvalue weighted by Gasteiger charge is -2.12. The molecule has 0 bridgehead atoms. The van der Waals surface area contributed by atoms with Gasteiger partial charge in [0.25, 0.3) is 5.91 Å². The van der Waals surface area contributed by atoms with Crippen LogP contribution < -0.4 is 15.4 Å². The number of benzene rings is 2. The molecule has 0 fully saturated rings. The first-order valence-electron chi connectivity index (χ1n) is 8.13. The number of hydrogen-bond acceptors (Lipinski definition) is 3. The maximum absolute atomic E-state index is 12.3. The third kappa shape index (κ3) is 5.64. The van der Waals surface area contributed by atoms with Crippen LogP contribution in [0.5, 0.6) is 5.75 Å². The highest BCUT2D eigenvalue weighted by atomic mass is 35.5. The largest absolute Gasteiger partial charge is 0.494 e. The normalized spacial score (nSPS) is 10.3. The quantitative estimate of drug-likeness (QED) is 0.673. The molecule has 0 aliphatic rings. The minimum Gasteiger partial charge on any atom is -0.494 e. The Morgan fingerprint density at radius 1 is 0.962 bits per heavy atom. The van der Waals surface area contributed by atoms with E-state index in [0.29, 0.717) is 24.4 Å². The summed E-state index contributed by atoms with van der Waals surface area (Å²) in [5.41, 5.74) is 1.29. The predicted octanol–water partition coefficient (Wildman–Crippen LogP) is 3.48. The molecule has 0 radical (unpaired) electrons. The van der Waals surface area contributed by atoms with Gasteiger partial charge in [0.2, 0.25) is 5.91 Å². The zero-order chi connectivity index (χ0) is 18.9. The van der Waals surface area contributed by atoms with E-state index in [9.17, 15) is 9.59 Å². The number of ether oxygens (including phenoxy) is 1. The Morgan fingerprint density at radius 3 is 2.31 bits per heavy atom. The summed E-state index contributed by atoms with van der Waals surface area (Å²) in [4.78, 5) is 24.2. The van der Waals surface area contributed by atoms with Crippen LogP contribution in [-0.2, 0) is 11.2 Å². The van der Waals surface area contributed by atoms with Gasteiger partial charge in [-0.25, -0.2) is 0 Å². The fourth-order valence-corrected chi connectivity index (χ4v) is 2.87. The van der Waals surface area contributed by atoms with E-state index >= 15 is 0 Å². The van der Waals surface area contributed by atoms with Gasteiger partial charge < -0.3 is 15.4 Å². The third-order valence-corrected chi connectivity index (χ3v) is 4.32. The topological polar surface area (TPSA) is 67.4 Å². The van der Waals surface area contributed by atoms with Crippen molar-refractivity contribution < 1.29 is 14.3 Å². The second-order valence-corrected chi connectivity index (χ2v) is 6.34. The first-order chi connectivity index (χ1) is 12.5. The molecule has 26 heavy (non-hydrogen) atoms. The monoisotopic (exact) mass is 394 g/mol. The lowest BCUT2D eigenvalue weighted by Crippen LogP contribution is -2.35. The Bertz CT molecular complexity index is 767. The predicted molar refractivity (Wildman–Crippen MR) is 103 cm³/mol. The first kappa shape index (κ1) is 20.1. The number of carbonyl (C=O) groups is 2. The number of halogens is 2. The van der Waals surface area contributed by atoms with Crippen molar-refractivity contribution in [2.75, 3.05) is 20.2 Å². The standard InChI is InChI=1S/C19H20Cl2N2O3/c1-26-18-15(21)9-8-14(20)17(18)19(25)23-12-11-22-16(24)10-7-13-5-3-2-4-6-13/h2-6,8-9H,7,10-12H2,1H3,(H,22,24)(H,23,25). The molecule has 0 heterocycles. The van der Waals surface area contributed by atoms with Crippen LogP contribution in [0, 0.1) is 0 Å². The van der Waals surface area contributed by atoms with Crippen molar-refractivity contribution in [1.82, 2.24) is 10.6 Å². The van der Waals surface area contributed by atoms with Crippen LogP contribution in [0.1, 0.15) is 22.3 Å². The van der Waals surface area contributed by atoms with Gasteiger partial charge in [-0.15, -0.1) is 0 Å². The average molecular weight is 395 g/mol. The molecule has 0 aromatic heterocycles. The zero-order valence-electron chi connectivity index (χ0n) is 14.4. The summed E-state index contributed by atoms with van der Waals surface area (Å²) in [7, 11) is 1.42. The zero-order valence-corrected chi connectivity index (χ0v) is 15.9. The van der Waals surface area contributed by atoms with Gasteiger partial charge in [0.1, 0.15) is 5.56 Å². The molecule has 0 saturated heterocycles. The second-order valence-electron chi connectivity index (χ2n) is 5.53. The Hall–Kier alpha value is -2.24. The summed E-state index contributed by atoms with van der Waals surface area (Å²) >= 11 is 12.1. The van der Waals surface area contributed by atoms with Crippen LogP contribution in [0.25, 0.3) is 0 Å². The van der Waals surface area contributed by atoms with Gasteiger partial charge in [-0.3, -0.25) is 9.59 Å². The highest BCUT2D eigenvalue weighted by molar-refractivity contribution is 6.37. The molecular weight excluding hydrogens is 375 g/mol. The molecule has 2 aromatic rings. The van der Waals surface area contributed by atoms with Gasteiger partial charge in [0, 0.05) is 19.5 Å². The van der Waals surface area contributed by atoms with E-state index in [4.69, 9.17) is 27.9 Å². The second kappa shape index (κ2) is 10.0. The maximum atomic E-state index is 12.3. The number of nitrogens with one attached hydrogen (secondary N) is 2. The van der Waals surface area contributed by atoms with Gasteiger partial charge in [-0.2, -0.15) is 0 Å². The molecule has 2 N–H and O–H groups in total. The van der Waals surface area contributed by atoms with Crippen LogP contribution in [0.15, 0.2) is 42.5 Å². The highest BCUT2D eigenvalue weighted by Crippen LogP contribution is 2.33. The summed E-state index contributed by atoms with van der Waals surface area (Å²) in [5.74, 6) is -0.252. The molecule has 7 heteroatoms. The molecule has 0 spiro atoms. The Balaban J connectivity index is 1.77. The molecular formula is C19H20Cl2N2O3. The highest BCUT2D eigenvalue weighted by Gasteiger charge is 2.19. The van der Waals surface area contributed by atoms with E-state index in [-0.39, 0.29) is 28.8 Å². The van der Waals surface area contributed by atoms with E-state index in [1.165, 1.54) is 13.2 Å². The summed E-state index contributed by atoms with van der Waals surface area (Å²) in [5, 5.41) is 6.01. The van der Waals surface area contributed by atoms with Gasteiger partial charge in [-0.05, 0) is 24.1 Å². The molecule has 0 unspecified atom stereocenters. The first-order valence-corrected chi connectivity index (χ1v) is 8.89. The average Bonchev–Trinajstić information content (AvgIpc) is 2.65. The van der Waals surface area contributed by atoms with Gasteiger partial charge in [0.05, 0.1) is 17.2 Å². The van der Waals surface area contributed by atoms with E-state index in [2.05, 4.69) is 10.6 Å². The van der Waals surface area contributed by atoms with Crippen LogP contribution in [0.3, 0.4) is 0 Å². The summed E-state index contributed by atoms with van der Waals surface area (Å²) < 4.78 is 5.15. The molecule has 138 valence electrons. The Labute approximate surface area is 162 Å². The van der Waals surface area contributed by atoms with Gasteiger partial charge in [-0.1, -0.05) is 53.5 Å². The van der Waals surface area contributed by atoms with Crippen molar-refractivity contribution in [2.24, 2.45) is 0 Å². The number of rotatable bonds is 8. The minimum atomic E-state index is -0.409. The van der Waals surface area contributed by atoms with E-state index in [1.807, 2.05) is 30.3 Å². The molecule has 0 atom stereocenters. The number of aryl methyl sites for hydroxylation is 1. The van der Waals surface area contributed by atoms with E-state index in [1.54, 1.807) is 6.07 Å². The maximum Gasteiger partial charge on any atom is 0.256 e. The van der Waals surface area contributed by atoms with Gasteiger partial charge in [0.15, 0.2) is 5.75 Å². The van der Waals surface area contributed by atoms with E-state index < -0.39 is 5.91 Å². The van der Waals surface area contributed by atoms with Crippen molar-refractivity contribution >= 4 is 35.0 Å². The number of methoxy groups -OCH3 is 1. The van der Waals surface area contributed by atoms with Crippen LogP contribution in [0.4, 0.5) is 0 Å². The Kier molecular flexibility index (Phi) is 7.75. The third-order valence-electron chi connectivity index (χ3n) is 3.71. The minimum absolute atomic E-state index is 0.0681. The SMILES string of the molecule is COc1c(Cl)ccc(Cl)c1C(=O)NCCNC(=O)CCc1ccccc1. The fraction of sp³-hybridized carbons (Fsp3) is 0.263. The van der Waals surface area contributed by atoms with Crippen LogP contribution in [0.2, 0.25) is 10.0 Å². The molecule has 0 aliphatic heterocycles. The fourth-order valence-electron chi connectivity index (χ4n) is 2.40. The number of hydrogen-bond donors (Lipinski definition) is 2. The van der Waals surface area contributed by atoms with Crippen LogP contribution >= 0.6 is 23.2 Å². The summed E-state index contributed by atoms with van der Waals surface area (Å²) in [6, 6.07) is 12.9. The smallest absolute Gasteiger partial charge is 0.256 e. The molecule has 2 amide bonds. The van der Waals surface area contributed by atoms with Crippen LogP contribution in [-0.4, -0.2) is 32.0 Å².